The maximum absolute atomic E-state index is 14.7. The third-order valence-corrected chi connectivity index (χ3v) is 12.5. The first-order valence-corrected chi connectivity index (χ1v) is 25.1. The minimum Gasteiger partial charge on any atom is -0.549 e. The van der Waals surface area contributed by atoms with Gasteiger partial charge in [-0.2, -0.15) is 10.2 Å². The Balaban J connectivity index is 0.000000232. The number of hydrogen-bond acceptors (Lipinski definition) is 16. The molecule has 0 radical (unpaired) electrons. The Morgan fingerprint density at radius 2 is 1.03 bits per heavy atom. The topological polar surface area (TPSA) is 219 Å². The summed E-state index contributed by atoms with van der Waals surface area (Å²) >= 11 is 0. The molecule has 408 valence electrons. The summed E-state index contributed by atoms with van der Waals surface area (Å²) in [5.74, 6) is -0.399. The van der Waals surface area contributed by atoms with Crippen LogP contribution in [0.15, 0.2) is 73.1 Å². The van der Waals surface area contributed by atoms with Crippen LogP contribution in [0.2, 0.25) is 0 Å². The number of halogens is 4. The molecular formula is C52H69F4N12NaO7. The second-order valence-electron chi connectivity index (χ2n) is 20.8. The average Bonchev–Trinajstić information content (AvgIpc) is 3.36. The number of aliphatic carboxylic acids is 1. The van der Waals surface area contributed by atoms with Crippen LogP contribution in [0.3, 0.4) is 0 Å². The number of carbonyl (C=O) groups is 4. The maximum atomic E-state index is 14.7. The number of nitrogens with two attached hydrogens (primary N) is 1. The fraction of sp³-hybridized carbons (Fsp3) is 0.538. The van der Waals surface area contributed by atoms with Gasteiger partial charge in [0.05, 0.1) is 44.0 Å². The number of carbonyl (C=O) groups excluding carboxylic acids is 4. The van der Waals surface area contributed by atoms with Gasteiger partial charge in [0.25, 0.3) is 0 Å². The number of piperidine rings is 2. The van der Waals surface area contributed by atoms with Crippen LogP contribution in [-0.2, 0) is 19.1 Å². The van der Waals surface area contributed by atoms with E-state index >= 15 is 0 Å². The van der Waals surface area contributed by atoms with Gasteiger partial charge in [0.1, 0.15) is 35.2 Å². The van der Waals surface area contributed by atoms with E-state index in [-0.39, 0.29) is 73.3 Å². The minimum atomic E-state index is -1.35. The molecule has 4 aromatic rings. The molecule has 0 saturated carbocycles. The van der Waals surface area contributed by atoms with Gasteiger partial charge in [-0.15, -0.1) is 10.2 Å². The maximum Gasteiger partial charge on any atom is 1.00 e. The number of anilines is 2. The van der Waals surface area contributed by atoms with Gasteiger partial charge in [0, 0.05) is 89.2 Å². The average molecular weight is 1070 g/mol. The number of rotatable bonds is 9. The van der Waals surface area contributed by atoms with Crippen molar-refractivity contribution in [2.24, 2.45) is 5.73 Å². The van der Waals surface area contributed by atoms with Gasteiger partial charge in [-0.05, 0) is 102 Å². The number of benzene rings is 2. The number of likely N-dealkylation sites (tertiary alicyclic amines) is 2. The van der Waals surface area contributed by atoms with Crippen molar-refractivity contribution >= 4 is 35.7 Å². The molecule has 0 spiro atoms. The number of carboxylic acid groups (broad SMARTS) is 1. The molecule has 4 aliphatic heterocycles. The van der Waals surface area contributed by atoms with E-state index in [4.69, 9.17) is 15.2 Å². The van der Waals surface area contributed by atoms with Crippen LogP contribution in [0.4, 0.5) is 38.8 Å². The molecule has 3 N–H and O–H groups in total. The molecule has 19 nitrogen and oxygen atoms in total. The van der Waals surface area contributed by atoms with Gasteiger partial charge in [0.15, 0.2) is 11.6 Å². The zero-order valence-corrected chi connectivity index (χ0v) is 46.5. The summed E-state index contributed by atoms with van der Waals surface area (Å²) in [6.45, 7) is 16.8. The van der Waals surface area contributed by atoms with Gasteiger partial charge in [-0.1, -0.05) is 24.3 Å². The summed E-state index contributed by atoms with van der Waals surface area (Å²) in [5, 5.41) is 29.9. The molecule has 3 amide bonds. The Morgan fingerprint density at radius 3 is 1.42 bits per heavy atom. The number of nitrogens with one attached hydrogen (secondary N) is 1. The number of hydrogen-bond donors (Lipinski definition) is 2. The van der Waals surface area contributed by atoms with E-state index < -0.39 is 53.8 Å². The molecule has 24 heteroatoms. The first-order valence-electron chi connectivity index (χ1n) is 25.1. The van der Waals surface area contributed by atoms with Gasteiger partial charge in [-0.25, -0.2) is 27.2 Å². The number of amides is 3. The van der Waals surface area contributed by atoms with Gasteiger partial charge in [-0.3, -0.25) is 14.6 Å². The van der Waals surface area contributed by atoms with Crippen molar-refractivity contribution in [3.63, 3.8) is 0 Å². The van der Waals surface area contributed by atoms with Crippen LogP contribution < -0.4 is 55.5 Å². The van der Waals surface area contributed by atoms with E-state index in [9.17, 15) is 41.8 Å². The van der Waals surface area contributed by atoms with Gasteiger partial charge < -0.3 is 50.0 Å². The van der Waals surface area contributed by atoms with E-state index in [1.807, 2.05) is 21.9 Å². The molecule has 4 atom stereocenters. The molecule has 0 aliphatic carbocycles. The number of nitrogens with zero attached hydrogens (tertiary/aromatic N) is 10. The van der Waals surface area contributed by atoms with E-state index in [1.165, 1.54) is 34.1 Å². The third-order valence-electron chi connectivity index (χ3n) is 12.5. The predicted octanol–water partition coefficient (Wildman–Crippen LogP) is 1.32. The predicted molar refractivity (Wildman–Crippen MR) is 272 cm³/mol. The fourth-order valence-corrected chi connectivity index (χ4v) is 8.50. The summed E-state index contributed by atoms with van der Waals surface area (Å²) < 4.78 is 64.7. The van der Waals surface area contributed by atoms with Crippen LogP contribution in [-0.4, -0.2) is 191 Å². The molecule has 0 bridgehead atoms. The summed E-state index contributed by atoms with van der Waals surface area (Å²) in [4.78, 5) is 57.7. The van der Waals surface area contributed by atoms with E-state index in [2.05, 4.69) is 35.5 Å². The molecule has 4 saturated heterocycles. The number of alkyl halides is 2. The van der Waals surface area contributed by atoms with Crippen LogP contribution in [0.1, 0.15) is 54.4 Å². The second kappa shape index (κ2) is 28.1. The number of piperazine rings is 2. The van der Waals surface area contributed by atoms with Gasteiger partial charge in [0.2, 0.25) is 5.91 Å². The van der Waals surface area contributed by atoms with Crippen LogP contribution in [0, 0.1) is 11.6 Å². The van der Waals surface area contributed by atoms with Crippen molar-refractivity contribution in [2.45, 2.75) is 90.0 Å². The van der Waals surface area contributed by atoms with E-state index in [0.29, 0.717) is 78.3 Å². The fourth-order valence-electron chi connectivity index (χ4n) is 8.50. The molecule has 0 unspecified atom stereocenters. The Morgan fingerprint density at radius 1 is 0.618 bits per heavy atom. The summed E-state index contributed by atoms with van der Waals surface area (Å²) in [6.07, 6.45) is 0.614. The first kappa shape index (κ1) is 61.1. The van der Waals surface area contributed by atoms with Crippen LogP contribution in [0.5, 0.6) is 0 Å². The number of ether oxygens (including phenoxy) is 2. The van der Waals surface area contributed by atoms with E-state index in [0.717, 1.165) is 33.9 Å². The van der Waals surface area contributed by atoms with Crippen molar-refractivity contribution in [1.29, 1.82) is 0 Å². The molecule has 6 heterocycles. The summed E-state index contributed by atoms with van der Waals surface area (Å²) in [5.41, 5.74) is 7.78. The Hall–Kier alpha value is -5.72. The normalized spacial score (nSPS) is 20.4. The zero-order valence-electron chi connectivity index (χ0n) is 44.5. The smallest absolute Gasteiger partial charge is 0.549 e. The van der Waals surface area contributed by atoms with Crippen LogP contribution >= 0.6 is 0 Å². The van der Waals surface area contributed by atoms with Gasteiger partial charge >= 0.3 is 41.7 Å². The van der Waals surface area contributed by atoms with Crippen molar-refractivity contribution in [2.75, 3.05) is 101 Å². The Labute approximate surface area is 463 Å². The molecular weight excluding hydrogens is 1000 g/mol. The SMILES string of the molecule is CC(C)(C)OC(=O)N1CC[C@@H](N)[C@H](F)C1.CC(C)(C)OC(=O)N1CC[C@@H](NC(=O)CN2CCN(c3cc(-c4ccc(F)cc4)cnn3)CC2)[C@H](F)C1.O=C([O-])CN1CCN(c2cc(-c3ccc(F)cc3)cnn2)CC1.[Na+]. The monoisotopic (exact) mass is 1070 g/mol. The van der Waals surface area contributed by atoms with Crippen molar-refractivity contribution in [1.82, 2.24) is 45.3 Å². The molecule has 2 aromatic heterocycles. The quantitative estimate of drug-likeness (QED) is 0.179. The standard InChI is InChI=1S/C26H34F2N6O3.C16H17FN4O2.C10H19FN2O2.Na/c1-26(2,3)37-25(36)34-9-8-22(21(28)16-34)30-24(35)17-32-10-12-33(13-11-32)23-14-19(15-29-31-23)18-4-6-20(27)7-5-18;17-14-3-1-12(2-4-14)13-9-15(19-18-10-13)21-7-5-20(6-8-21)11-16(22)23;1-10(2,3)15-9(14)13-5-4-8(12)7(11)6-13;/h4-7,14-15,21-22H,8-13,16-17H2,1-3H3,(H,30,35);1-4,9-10H,5-8,11H2,(H,22,23);7-8H,4-6,12H2,1-3H3;/q;;;+1/p-1/t21-,22-;;7-,8-;/m1.1./s1. The van der Waals surface area contributed by atoms with Crippen molar-refractivity contribution < 1.29 is 80.9 Å². The Kier molecular flexibility index (Phi) is 22.6. The summed E-state index contributed by atoms with van der Waals surface area (Å²) in [6, 6.07) is 15.2. The van der Waals surface area contributed by atoms with Crippen molar-refractivity contribution in [3.05, 3.63) is 84.7 Å². The first-order chi connectivity index (χ1) is 35.5. The van der Waals surface area contributed by atoms with Crippen LogP contribution in [0.25, 0.3) is 22.3 Å². The minimum absolute atomic E-state index is 0. The third kappa shape index (κ3) is 19.4. The summed E-state index contributed by atoms with van der Waals surface area (Å²) in [7, 11) is 0. The van der Waals surface area contributed by atoms with Crippen molar-refractivity contribution in [3.8, 4) is 22.3 Å². The van der Waals surface area contributed by atoms with E-state index in [1.54, 1.807) is 78.2 Å². The largest absolute Gasteiger partial charge is 1.00 e. The molecule has 76 heavy (non-hydrogen) atoms. The molecule has 4 aliphatic rings. The number of aromatic nitrogens is 4. The zero-order chi connectivity index (χ0) is 54.5. The molecule has 8 rings (SSSR count). The molecule has 4 fully saturated rings. The second-order valence-corrected chi connectivity index (χ2v) is 20.8. The molecule has 2 aromatic carbocycles. The number of carboxylic acids is 1. The Bertz CT molecular complexity index is 2510.